The maximum Gasteiger partial charge on any atom is 0.281 e. The number of amidine groups is 1. The normalized spacial score (nSPS) is 14.1. The Kier molecular flexibility index (Phi) is 3.99. The zero-order valence-electron chi connectivity index (χ0n) is 13.2. The minimum absolute atomic E-state index is 0.153. The van der Waals surface area contributed by atoms with E-state index in [-0.39, 0.29) is 5.56 Å². The molecule has 2 heterocycles. The molecular formula is C18H15N5OS. The Hall–Kier alpha value is -3.06. The first kappa shape index (κ1) is 15.5. The molecule has 6 nitrogen and oxygen atoms in total. The minimum atomic E-state index is -0.153. The highest BCUT2D eigenvalue weighted by Gasteiger charge is 2.23. The lowest BCUT2D eigenvalue weighted by molar-refractivity contribution is 0.852. The van der Waals surface area contributed by atoms with Crippen LogP contribution in [-0.2, 0) is 0 Å². The van der Waals surface area contributed by atoms with Crippen molar-refractivity contribution in [2.24, 2.45) is 15.9 Å². The lowest BCUT2D eigenvalue weighted by Crippen LogP contribution is -2.24. The topological polar surface area (TPSA) is 88.5 Å². The quantitative estimate of drug-likeness (QED) is 0.762. The van der Waals surface area contributed by atoms with E-state index in [1.165, 1.54) is 16.4 Å². The third-order valence-corrected chi connectivity index (χ3v) is 4.68. The van der Waals surface area contributed by atoms with E-state index in [4.69, 9.17) is 5.73 Å². The van der Waals surface area contributed by atoms with E-state index in [1.54, 1.807) is 0 Å². The number of rotatable bonds is 3. The Bertz CT molecular complexity index is 1020. The van der Waals surface area contributed by atoms with Crippen molar-refractivity contribution in [2.75, 3.05) is 5.75 Å². The van der Waals surface area contributed by atoms with E-state index >= 15 is 0 Å². The predicted octanol–water partition coefficient (Wildman–Crippen LogP) is 2.60. The maximum atomic E-state index is 13.1. The van der Waals surface area contributed by atoms with Crippen LogP contribution < -0.4 is 11.3 Å². The number of H-pyrrole nitrogens is 1. The van der Waals surface area contributed by atoms with Gasteiger partial charge in [-0.2, -0.15) is 5.10 Å². The first-order valence-corrected chi connectivity index (χ1v) is 8.71. The molecule has 1 aliphatic heterocycles. The number of nitrogens with two attached hydrogens (primary N) is 1. The van der Waals surface area contributed by atoms with Crippen LogP contribution in [0.15, 0.2) is 75.7 Å². The molecule has 0 saturated heterocycles. The molecule has 0 saturated carbocycles. The van der Waals surface area contributed by atoms with Crippen molar-refractivity contribution in [1.82, 2.24) is 9.78 Å². The molecule has 0 aliphatic carbocycles. The smallest absolute Gasteiger partial charge is 0.281 e. The van der Waals surface area contributed by atoms with Crippen LogP contribution in [0.25, 0.3) is 16.9 Å². The molecule has 0 spiro atoms. The van der Waals surface area contributed by atoms with Gasteiger partial charge in [-0.05, 0) is 12.1 Å². The molecule has 0 fully saturated rings. The molecule has 0 radical (unpaired) electrons. The molecule has 124 valence electrons. The number of benzene rings is 2. The Morgan fingerprint density at radius 3 is 2.32 bits per heavy atom. The molecule has 1 aliphatic rings. The molecule has 2 aromatic carbocycles. The molecule has 3 aromatic rings. The number of hydrogen-bond acceptors (Lipinski definition) is 5. The standard InChI is InChI=1S/C18H15N5OS/c19-18-21-20-14(11-25-18)15-16(12-7-3-1-4-8-12)22-23(17(15)24)13-9-5-2-6-10-13/h1-10,22H,11H2,(H2,19,21). The summed E-state index contributed by atoms with van der Waals surface area (Å²) in [6.07, 6.45) is 0. The summed E-state index contributed by atoms with van der Waals surface area (Å²) in [5.74, 6) is 0.511. The monoisotopic (exact) mass is 349 g/mol. The number of aromatic amines is 1. The third-order valence-electron chi connectivity index (χ3n) is 3.88. The van der Waals surface area contributed by atoms with Gasteiger partial charge in [0.2, 0.25) is 0 Å². The number of para-hydroxylation sites is 1. The van der Waals surface area contributed by atoms with E-state index in [0.717, 1.165) is 16.9 Å². The van der Waals surface area contributed by atoms with Crippen molar-refractivity contribution >= 4 is 22.6 Å². The van der Waals surface area contributed by atoms with Gasteiger partial charge in [0.1, 0.15) is 0 Å². The second kappa shape index (κ2) is 6.45. The summed E-state index contributed by atoms with van der Waals surface area (Å²) in [6.45, 7) is 0. The van der Waals surface area contributed by atoms with Gasteiger partial charge >= 0.3 is 0 Å². The summed E-state index contributed by atoms with van der Waals surface area (Å²) < 4.78 is 1.53. The van der Waals surface area contributed by atoms with Crippen LogP contribution in [0.5, 0.6) is 0 Å². The van der Waals surface area contributed by atoms with E-state index in [9.17, 15) is 4.79 Å². The van der Waals surface area contributed by atoms with Gasteiger partial charge < -0.3 is 5.73 Å². The summed E-state index contributed by atoms with van der Waals surface area (Å²) in [7, 11) is 0. The molecule has 7 heteroatoms. The molecule has 3 N–H and O–H groups in total. The highest BCUT2D eigenvalue weighted by molar-refractivity contribution is 8.14. The van der Waals surface area contributed by atoms with Gasteiger partial charge in [-0.25, -0.2) is 4.68 Å². The lowest BCUT2D eigenvalue weighted by atomic mass is 10.1. The number of thioether (sulfide) groups is 1. The van der Waals surface area contributed by atoms with Crippen molar-refractivity contribution in [1.29, 1.82) is 0 Å². The Morgan fingerprint density at radius 2 is 1.68 bits per heavy atom. The molecular weight excluding hydrogens is 334 g/mol. The average molecular weight is 349 g/mol. The highest BCUT2D eigenvalue weighted by atomic mass is 32.2. The molecule has 1 aromatic heterocycles. The fourth-order valence-electron chi connectivity index (χ4n) is 2.71. The number of nitrogens with one attached hydrogen (secondary N) is 1. The van der Waals surface area contributed by atoms with Gasteiger partial charge in [-0.3, -0.25) is 9.89 Å². The maximum absolute atomic E-state index is 13.1. The molecule has 4 rings (SSSR count). The summed E-state index contributed by atoms with van der Waals surface area (Å²) in [5.41, 5.74) is 9.08. The molecule has 0 amide bonds. The van der Waals surface area contributed by atoms with Crippen LogP contribution in [0, 0.1) is 0 Å². The van der Waals surface area contributed by atoms with Crippen molar-refractivity contribution in [3.05, 3.63) is 76.6 Å². The fourth-order valence-corrected chi connectivity index (χ4v) is 3.29. The summed E-state index contributed by atoms with van der Waals surface area (Å²) in [4.78, 5) is 13.1. The third kappa shape index (κ3) is 2.89. The van der Waals surface area contributed by atoms with Gasteiger partial charge in [0.25, 0.3) is 5.56 Å². The fraction of sp³-hybridized carbons (Fsp3) is 0.0556. The van der Waals surface area contributed by atoms with E-state index in [0.29, 0.717) is 22.2 Å². The van der Waals surface area contributed by atoms with Crippen LogP contribution in [0.3, 0.4) is 0 Å². The van der Waals surface area contributed by atoms with Crippen molar-refractivity contribution < 1.29 is 0 Å². The van der Waals surface area contributed by atoms with Gasteiger partial charge in [-0.15, -0.1) is 5.10 Å². The Labute approximate surface area is 148 Å². The first-order valence-electron chi connectivity index (χ1n) is 7.73. The largest absolute Gasteiger partial charge is 0.377 e. The first-order chi connectivity index (χ1) is 12.2. The van der Waals surface area contributed by atoms with Crippen molar-refractivity contribution in [2.45, 2.75) is 0 Å². The molecule has 25 heavy (non-hydrogen) atoms. The Balaban J connectivity index is 1.95. The van der Waals surface area contributed by atoms with Gasteiger partial charge in [0.05, 0.1) is 22.7 Å². The number of aromatic nitrogens is 2. The average Bonchev–Trinajstić information content (AvgIpc) is 3.01. The molecule has 0 atom stereocenters. The summed E-state index contributed by atoms with van der Waals surface area (Å²) >= 11 is 1.37. The van der Waals surface area contributed by atoms with Gasteiger partial charge in [0, 0.05) is 11.3 Å². The van der Waals surface area contributed by atoms with Gasteiger partial charge in [-0.1, -0.05) is 60.3 Å². The second-order valence-corrected chi connectivity index (χ2v) is 6.47. The lowest BCUT2D eigenvalue weighted by Gasteiger charge is -2.08. The van der Waals surface area contributed by atoms with Crippen LogP contribution >= 0.6 is 11.8 Å². The van der Waals surface area contributed by atoms with E-state index < -0.39 is 0 Å². The highest BCUT2D eigenvalue weighted by Crippen LogP contribution is 2.23. The predicted molar refractivity (Wildman–Crippen MR) is 102 cm³/mol. The van der Waals surface area contributed by atoms with Crippen LogP contribution in [0.4, 0.5) is 0 Å². The van der Waals surface area contributed by atoms with E-state index in [1.807, 2.05) is 60.7 Å². The molecule has 0 unspecified atom stereocenters. The SMILES string of the molecule is NC1=NN=C(c2c(-c3ccccc3)[nH]n(-c3ccccc3)c2=O)CS1. The van der Waals surface area contributed by atoms with Crippen molar-refractivity contribution in [3.63, 3.8) is 0 Å². The van der Waals surface area contributed by atoms with Crippen LogP contribution in [0.2, 0.25) is 0 Å². The van der Waals surface area contributed by atoms with Crippen LogP contribution in [0.1, 0.15) is 5.56 Å². The summed E-state index contributed by atoms with van der Waals surface area (Å²) in [6, 6.07) is 19.2. The molecule has 0 bridgehead atoms. The zero-order chi connectivity index (χ0) is 17.2. The zero-order valence-corrected chi connectivity index (χ0v) is 14.0. The number of hydrogen-bond donors (Lipinski definition) is 2. The van der Waals surface area contributed by atoms with Gasteiger partial charge in [0.15, 0.2) is 5.17 Å². The van der Waals surface area contributed by atoms with Crippen molar-refractivity contribution in [3.8, 4) is 16.9 Å². The summed E-state index contributed by atoms with van der Waals surface area (Å²) in [5, 5.41) is 11.7. The van der Waals surface area contributed by atoms with Crippen LogP contribution in [-0.4, -0.2) is 26.4 Å². The van der Waals surface area contributed by atoms with E-state index in [2.05, 4.69) is 15.3 Å². The number of nitrogens with zero attached hydrogens (tertiary/aromatic N) is 3. The Morgan fingerprint density at radius 1 is 1.00 bits per heavy atom. The second-order valence-electron chi connectivity index (χ2n) is 5.48. The minimum Gasteiger partial charge on any atom is -0.377 e.